The highest BCUT2D eigenvalue weighted by molar-refractivity contribution is 5.46. The molecule has 0 aliphatic heterocycles. The number of nitrogens with one attached hydrogen (secondary N) is 1. The van der Waals surface area contributed by atoms with Gasteiger partial charge in [0.15, 0.2) is 0 Å². The van der Waals surface area contributed by atoms with Crippen LogP contribution in [0.4, 0.5) is 5.69 Å². The lowest BCUT2D eigenvalue weighted by Gasteiger charge is -2.09. The predicted octanol–water partition coefficient (Wildman–Crippen LogP) is 3.48. The molecule has 3 N–H and O–H groups in total. The maximum Gasteiger partial charge on any atom is 0.0478 e. The summed E-state index contributed by atoms with van der Waals surface area (Å²) in [6, 6.07) is 18.4. The molecule has 0 saturated carbocycles. The molecule has 2 rings (SSSR count). The fraction of sp³-hybridized carbons (Fsp3) is 0.125. The number of nitrogens with two attached hydrogens (primary N) is 1. The minimum atomic E-state index is -0.0897. The van der Waals surface area contributed by atoms with Gasteiger partial charge in [-0.25, -0.2) is 0 Å². The first-order valence-electron chi connectivity index (χ1n) is 6.05. The van der Waals surface area contributed by atoms with Gasteiger partial charge in [-0.3, -0.25) is 0 Å². The van der Waals surface area contributed by atoms with Crippen molar-refractivity contribution in [1.82, 2.24) is 0 Å². The average molecular weight is 238 g/mol. The summed E-state index contributed by atoms with van der Waals surface area (Å²) in [7, 11) is 0. The van der Waals surface area contributed by atoms with E-state index in [0.717, 1.165) is 17.8 Å². The molecule has 0 unspecified atom stereocenters. The minimum absolute atomic E-state index is 0.0897. The van der Waals surface area contributed by atoms with Crippen molar-refractivity contribution in [2.75, 3.05) is 5.32 Å². The smallest absolute Gasteiger partial charge is 0.0478 e. The summed E-state index contributed by atoms with van der Waals surface area (Å²) in [5.41, 5.74) is 9.31. The molecule has 0 aliphatic carbocycles. The third-order valence-corrected chi connectivity index (χ3v) is 2.89. The van der Waals surface area contributed by atoms with Crippen LogP contribution in [0.25, 0.3) is 0 Å². The zero-order valence-electron chi connectivity index (χ0n) is 10.3. The van der Waals surface area contributed by atoms with Crippen molar-refractivity contribution in [1.29, 1.82) is 0 Å². The molecule has 0 aromatic heterocycles. The Morgan fingerprint density at radius 1 is 1.06 bits per heavy atom. The molecule has 92 valence electrons. The fourth-order valence-electron chi connectivity index (χ4n) is 1.76. The van der Waals surface area contributed by atoms with Crippen LogP contribution in [-0.2, 0) is 6.54 Å². The van der Waals surface area contributed by atoms with Crippen LogP contribution in [0.5, 0.6) is 0 Å². The zero-order valence-corrected chi connectivity index (χ0v) is 10.3. The summed E-state index contributed by atoms with van der Waals surface area (Å²) < 4.78 is 0. The molecule has 0 spiro atoms. The molecule has 2 nitrogen and oxygen atoms in total. The van der Waals surface area contributed by atoms with Crippen molar-refractivity contribution in [2.24, 2.45) is 5.73 Å². The van der Waals surface area contributed by atoms with Crippen molar-refractivity contribution < 1.29 is 0 Å². The number of benzene rings is 2. The summed E-state index contributed by atoms with van der Waals surface area (Å²) in [5, 5.41) is 3.38. The summed E-state index contributed by atoms with van der Waals surface area (Å²) >= 11 is 0. The van der Waals surface area contributed by atoms with Crippen molar-refractivity contribution in [3.05, 3.63) is 78.4 Å². The molecule has 2 heteroatoms. The summed E-state index contributed by atoms with van der Waals surface area (Å²) in [6.07, 6.45) is 1.74. The quantitative estimate of drug-likeness (QED) is 0.783. The van der Waals surface area contributed by atoms with Gasteiger partial charge in [-0.15, -0.1) is 6.58 Å². The largest absolute Gasteiger partial charge is 0.381 e. The van der Waals surface area contributed by atoms with Crippen molar-refractivity contribution in [3.8, 4) is 0 Å². The highest BCUT2D eigenvalue weighted by atomic mass is 14.9. The van der Waals surface area contributed by atoms with Crippen molar-refractivity contribution >= 4 is 5.69 Å². The Hall–Kier alpha value is -2.06. The molecular weight excluding hydrogens is 220 g/mol. The highest BCUT2D eigenvalue weighted by Gasteiger charge is 2.00. The molecule has 0 radical (unpaired) electrons. The molecular formula is C16H18N2. The van der Waals surface area contributed by atoms with Gasteiger partial charge in [0.1, 0.15) is 0 Å². The molecule has 2 aromatic carbocycles. The maximum atomic E-state index is 5.87. The third-order valence-electron chi connectivity index (χ3n) is 2.89. The van der Waals surface area contributed by atoms with E-state index >= 15 is 0 Å². The number of rotatable bonds is 5. The van der Waals surface area contributed by atoms with Crippen LogP contribution in [0, 0.1) is 0 Å². The average Bonchev–Trinajstić information content (AvgIpc) is 2.46. The Labute approximate surface area is 108 Å². The van der Waals surface area contributed by atoms with E-state index in [0.29, 0.717) is 0 Å². The molecule has 0 heterocycles. The van der Waals surface area contributed by atoms with Gasteiger partial charge >= 0.3 is 0 Å². The third kappa shape index (κ3) is 3.22. The van der Waals surface area contributed by atoms with Gasteiger partial charge in [-0.1, -0.05) is 48.5 Å². The second-order valence-electron chi connectivity index (χ2n) is 4.22. The first kappa shape index (κ1) is 12.4. The van der Waals surface area contributed by atoms with Crippen molar-refractivity contribution in [3.63, 3.8) is 0 Å². The molecule has 1 atom stereocenters. The minimum Gasteiger partial charge on any atom is -0.381 e. The van der Waals surface area contributed by atoms with E-state index in [1.54, 1.807) is 6.08 Å². The first-order chi connectivity index (χ1) is 8.79. The van der Waals surface area contributed by atoms with Gasteiger partial charge in [0.2, 0.25) is 0 Å². The van der Waals surface area contributed by atoms with Crippen LogP contribution in [0.2, 0.25) is 0 Å². The van der Waals surface area contributed by atoms with E-state index in [1.165, 1.54) is 5.56 Å². The highest BCUT2D eigenvalue weighted by Crippen LogP contribution is 2.15. The van der Waals surface area contributed by atoms with Crippen LogP contribution in [-0.4, -0.2) is 0 Å². The molecule has 18 heavy (non-hydrogen) atoms. The summed E-state index contributed by atoms with van der Waals surface area (Å²) in [5.74, 6) is 0. The Balaban J connectivity index is 1.96. The van der Waals surface area contributed by atoms with Gasteiger partial charge in [-0.2, -0.15) is 0 Å². The molecule has 0 bridgehead atoms. The topological polar surface area (TPSA) is 38.0 Å². The molecule has 0 amide bonds. The van der Waals surface area contributed by atoms with Crippen LogP contribution in [0.15, 0.2) is 67.3 Å². The zero-order chi connectivity index (χ0) is 12.8. The standard InChI is InChI=1S/C16H18N2/c1-2-16(17)14-8-10-15(11-9-14)18-12-13-6-4-3-5-7-13/h2-11,16,18H,1,12,17H2/t16-/m0/s1. The van der Waals surface area contributed by atoms with E-state index in [1.807, 2.05) is 42.5 Å². The Morgan fingerprint density at radius 3 is 2.33 bits per heavy atom. The van der Waals surface area contributed by atoms with E-state index < -0.39 is 0 Å². The van der Waals surface area contributed by atoms with Gasteiger partial charge in [0, 0.05) is 18.3 Å². The monoisotopic (exact) mass is 238 g/mol. The lowest BCUT2D eigenvalue weighted by Crippen LogP contribution is -2.06. The predicted molar refractivity (Wildman–Crippen MR) is 77.3 cm³/mol. The summed E-state index contributed by atoms with van der Waals surface area (Å²) in [4.78, 5) is 0. The lowest BCUT2D eigenvalue weighted by molar-refractivity contribution is 0.914. The van der Waals surface area contributed by atoms with Gasteiger partial charge in [0.25, 0.3) is 0 Å². The lowest BCUT2D eigenvalue weighted by atomic mass is 10.1. The molecule has 0 aliphatic rings. The van der Waals surface area contributed by atoms with Crippen LogP contribution >= 0.6 is 0 Å². The molecule has 0 fully saturated rings. The van der Waals surface area contributed by atoms with Gasteiger partial charge in [0.05, 0.1) is 0 Å². The SMILES string of the molecule is C=C[C@H](N)c1ccc(NCc2ccccc2)cc1. The Bertz CT molecular complexity index is 488. The van der Waals surface area contributed by atoms with E-state index in [9.17, 15) is 0 Å². The normalized spacial score (nSPS) is 11.8. The van der Waals surface area contributed by atoms with Gasteiger partial charge in [-0.05, 0) is 23.3 Å². The van der Waals surface area contributed by atoms with Crippen LogP contribution < -0.4 is 11.1 Å². The van der Waals surface area contributed by atoms with E-state index in [2.05, 4.69) is 24.0 Å². The number of hydrogen-bond acceptors (Lipinski definition) is 2. The van der Waals surface area contributed by atoms with E-state index in [-0.39, 0.29) is 6.04 Å². The fourth-order valence-corrected chi connectivity index (χ4v) is 1.76. The van der Waals surface area contributed by atoms with Gasteiger partial charge < -0.3 is 11.1 Å². The molecule has 2 aromatic rings. The summed E-state index contributed by atoms with van der Waals surface area (Å²) in [6.45, 7) is 4.52. The van der Waals surface area contributed by atoms with Crippen LogP contribution in [0.3, 0.4) is 0 Å². The molecule has 0 saturated heterocycles. The van der Waals surface area contributed by atoms with E-state index in [4.69, 9.17) is 5.73 Å². The van der Waals surface area contributed by atoms with Crippen LogP contribution in [0.1, 0.15) is 17.2 Å². The number of hydrogen-bond donors (Lipinski definition) is 2. The van der Waals surface area contributed by atoms with Crippen molar-refractivity contribution in [2.45, 2.75) is 12.6 Å². The second-order valence-corrected chi connectivity index (χ2v) is 4.22. The number of anilines is 1. The Kier molecular flexibility index (Phi) is 4.15. The maximum absolute atomic E-state index is 5.87. The Morgan fingerprint density at radius 2 is 1.72 bits per heavy atom. The first-order valence-corrected chi connectivity index (χ1v) is 6.05. The second kappa shape index (κ2) is 6.03.